The fourth-order valence-corrected chi connectivity index (χ4v) is 2.66. The van der Waals surface area contributed by atoms with Crippen molar-refractivity contribution in [3.8, 4) is 0 Å². The van der Waals surface area contributed by atoms with E-state index in [0.29, 0.717) is 12.1 Å². The van der Waals surface area contributed by atoms with Crippen LogP contribution < -0.4 is 5.32 Å². The minimum atomic E-state index is 0.383. The number of nitrogens with one attached hydrogen (secondary N) is 1. The summed E-state index contributed by atoms with van der Waals surface area (Å²) in [7, 11) is 0. The van der Waals surface area contributed by atoms with E-state index in [1.807, 2.05) is 10.9 Å². The summed E-state index contributed by atoms with van der Waals surface area (Å²) in [6.45, 7) is 7.37. The van der Waals surface area contributed by atoms with Gasteiger partial charge in [-0.2, -0.15) is 5.10 Å². The molecular formula is C15H27N3O. The summed E-state index contributed by atoms with van der Waals surface area (Å²) in [5.41, 5.74) is 1.30. The van der Waals surface area contributed by atoms with Crippen molar-refractivity contribution in [2.75, 3.05) is 13.2 Å². The number of aromatic nitrogens is 2. The molecule has 1 aromatic rings. The second kappa shape index (κ2) is 7.65. The van der Waals surface area contributed by atoms with Gasteiger partial charge in [0.2, 0.25) is 0 Å². The first kappa shape index (κ1) is 14.5. The van der Waals surface area contributed by atoms with E-state index in [1.54, 1.807) is 0 Å². The lowest BCUT2D eigenvalue weighted by Gasteiger charge is -2.20. The molecule has 1 fully saturated rings. The fraction of sp³-hybridized carbons (Fsp3) is 0.800. The number of hydrogen-bond donors (Lipinski definition) is 1. The quantitative estimate of drug-likeness (QED) is 0.785. The van der Waals surface area contributed by atoms with Crippen molar-refractivity contribution in [1.29, 1.82) is 0 Å². The van der Waals surface area contributed by atoms with Gasteiger partial charge in [0.15, 0.2) is 0 Å². The predicted octanol–water partition coefficient (Wildman–Crippen LogP) is 2.90. The van der Waals surface area contributed by atoms with Crippen LogP contribution in [0.5, 0.6) is 0 Å². The highest BCUT2D eigenvalue weighted by Gasteiger charge is 2.22. The Labute approximate surface area is 116 Å². The Hall–Kier alpha value is -0.870. The van der Waals surface area contributed by atoms with E-state index >= 15 is 0 Å². The molecule has 0 aromatic carbocycles. The lowest BCUT2D eigenvalue weighted by Crippen LogP contribution is -2.25. The van der Waals surface area contributed by atoms with Crippen LogP contribution in [0, 0.1) is 0 Å². The first-order chi connectivity index (χ1) is 9.33. The molecule has 0 saturated carbocycles. The minimum Gasteiger partial charge on any atom is -0.378 e. The molecule has 4 heteroatoms. The maximum Gasteiger partial charge on any atom is 0.0594 e. The molecule has 2 heterocycles. The lowest BCUT2D eigenvalue weighted by atomic mass is 10.0. The molecule has 0 spiro atoms. The van der Waals surface area contributed by atoms with Crippen LogP contribution in [0.2, 0.25) is 0 Å². The lowest BCUT2D eigenvalue weighted by molar-refractivity contribution is 0.0945. The van der Waals surface area contributed by atoms with E-state index in [-0.39, 0.29) is 0 Å². The fourth-order valence-electron chi connectivity index (χ4n) is 2.66. The van der Waals surface area contributed by atoms with Gasteiger partial charge in [-0.25, -0.2) is 0 Å². The van der Waals surface area contributed by atoms with Crippen LogP contribution in [-0.4, -0.2) is 29.0 Å². The van der Waals surface area contributed by atoms with Crippen LogP contribution in [0.4, 0.5) is 0 Å². The first-order valence-electron chi connectivity index (χ1n) is 7.70. The Morgan fingerprint density at radius 1 is 1.47 bits per heavy atom. The van der Waals surface area contributed by atoms with E-state index in [9.17, 15) is 0 Å². The van der Waals surface area contributed by atoms with E-state index in [4.69, 9.17) is 4.74 Å². The number of ether oxygens (including phenoxy) is 1. The van der Waals surface area contributed by atoms with Gasteiger partial charge >= 0.3 is 0 Å². The molecule has 2 unspecified atom stereocenters. The summed E-state index contributed by atoms with van der Waals surface area (Å²) < 4.78 is 7.82. The Morgan fingerprint density at radius 2 is 2.37 bits per heavy atom. The molecule has 2 rings (SSSR count). The highest BCUT2D eigenvalue weighted by atomic mass is 16.5. The van der Waals surface area contributed by atoms with Crippen molar-refractivity contribution in [2.24, 2.45) is 0 Å². The summed E-state index contributed by atoms with van der Waals surface area (Å²) >= 11 is 0. The summed E-state index contributed by atoms with van der Waals surface area (Å²) in [5, 5.41) is 8.08. The zero-order valence-electron chi connectivity index (χ0n) is 12.3. The molecule has 0 radical (unpaired) electrons. The summed E-state index contributed by atoms with van der Waals surface area (Å²) in [6.07, 6.45) is 10.4. The standard InChI is InChI=1S/C15H27N3O/c1-3-7-16-15(10-14-6-5-9-19-14)13-11-17-18(12-13)8-4-2/h11-12,14-16H,3-10H2,1-2H3. The summed E-state index contributed by atoms with van der Waals surface area (Å²) in [6, 6.07) is 0.383. The molecule has 0 amide bonds. The zero-order valence-corrected chi connectivity index (χ0v) is 12.3. The average molecular weight is 265 g/mol. The molecule has 1 saturated heterocycles. The number of aryl methyl sites for hydroxylation is 1. The average Bonchev–Trinajstić information content (AvgIpc) is 3.06. The summed E-state index contributed by atoms with van der Waals surface area (Å²) in [4.78, 5) is 0. The molecular weight excluding hydrogens is 238 g/mol. The molecule has 108 valence electrons. The number of rotatable bonds is 8. The molecule has 2 atom stereocenters. The van der Waals surface area contributed by atoms with E-state index in [0.717, 1.165) is 39.0 Å². The van der Waals surface area contributed by atoms with Gasteiger partial charge in [0, 0.05) is 31.0 Å². The second-order valence-corrected chi connectivity index (χ2v) is 5.41. The smallest absolute Gasteiger partial charge is 0.0594 e. The Balaban J connectivity index is 1.97. The van der Waals surface area contributed by atoms with Gasteiger partial charge in [0.05, 0.1) is 12.3 Å². The minimum absolute atomic E-state index is 0.383. The molecule has 1 aliphatic heterocycles. The van der Waals surface area contributed by atoms with Crippen molar-refractivity contribution in [1.82, 2.24) is 15.1 Å². The third kappa shape index (κ3) is 4.32. The van der Waals surface area contributed by atoms with Crippen LogP contribution in [-0.2, 0) is 11.3 Å². The Bertz CT molecular complexity index is 358. The monoisotopic (exact) mass is 265 g/mol. The molecule has 1 aliphatic rings. The SMILES string of the molecule is CCCNC(CC1CCCO1)c1cnn(CCC)c1. The predicted molar refractivity (Wildman–Crippen MR) is 77.1 cm³/mol. The topological polar surface area (TPSA) is 39.1 Å². The van der Waals surface area contributed by atoms with Gasteiger partial charge in [0.1, 0.15) is 0 Å². The van der Waals surface area contributed by atoms with Gasteiger partial charge in [-0.1, -0.05) is 13.8 Å². The maximum absolute atomic E-state index is 5.77. The first-order valence-corrected chi connectivity index (χ1v) is 7.70. The largest absolute Gasteiger partial charge is 0.378 e. The van der Waals surface area contributed by atoms with Crippen molar-refractivity contribution < 1.29 is 4.74 Å². The van der Waals surface area contributed by atoms with Crippen molar-refractivity contribution in [3.05, 3.63) is 18.0 Å². The maximum atomic E-state index is 5.77. The van der Waals surface area contributed by atoms with Crippen molar-refractivity contribution in [2.45, 2.75) is 64.6 Å². The van der Waals surface area contributed by atoms with Gasteiger partial charge in [0.25, 0.3) is 0 Å². The van der Waals surface area contributed by atoms with E-state index in [2.05, 4.69) is 30.5 Å². The summed E-state index contributed by atoms with van der Waals surface area (Å²) in [5.74, 6) is 0. The van der Waals surface area contributed by atoms with Crippen LogP contribution in [0.25, 0.3) is 0 Å². The van der Waals surface area contributed by atoms with Crippen molar-refractivity contribution >= 4 is 0 Å². The van der Waals surface area contributed by atoms with Crippen LogP contribution in [0.1, 0.15) is 57.6 Å². The Morgan fingerprint density at radius 3 is 3.05 bits per heavy atom. The van der Waals surface area contributed by atoms with Crippen LogP contribution in [0.3, 0.4) is 0 Å². The molecule has 1 aromatic heterocycles. The molecule has 0 bridgehead atoms. The zero-order chi connectivity index (χ0) is 13.5. The van der Waals surface area contributed by atoms with Crippen LogP contribution in [0.15, 0.2) is 12.4 Å². The van der Waals surface area contributed by atoms with Crippen molar-refractivity contribution in [3.63, 3.8) is 0 Å². The molecule has 4 nitrogen and oxygen atoms in total. The van der Waals surface area contributed by atoms with Crippen LogP contribution >= 0.6 is 0 Å². The third-order valence-corrected chi connectivity index (χ3v) is 3.67. The van der Waals surface area contributed by atoms with E-state index < -0.39 is 0 Å². The number of nitrogens with zero attached hydrogens (tertiary/aromatic N) is 2. The normalized spacial score (nSPS) is 20.8. The third-order valence-electron chi connectivity index (χ3n) is 3.67. The molecule has 19 heavy (non-hydrogen) atoms. The van der Waals surface area contributed by atoms with E-state index in [1.165, 1.54) is 18.4 Å². The molecule has 1 N–H and O–H groups in total. The molecule has 0 aliphatic carbocycles. The number of hydrogen-bond acceptors (Lipinski definition) is 3. The highest BCUT2D eigenvalue weighted by Crippen LogP contribution is 2.25. The van der Waals surface area contributed by atoms with Gasteiger partial charge in [-0.3, -0.25) is 4.68 Å². The Kier molecular flexibility index (Phi) is 5.86. The second-order valence-electron chi connectivity index (χ2n) is 5.41. The van der Waals surface area contributed by atoms with Gasteiger partial charge in [-0.05, 0) is 38.6 Å². The highest BCUT2D eigenvalue weighted by molar-refractivity contribution is 5.11. The van der Waals surface area contributed by atoms with Gasteiger partial charge < -0.3 is 10.1 Å². The van der Waals surface area contributed by atoms with Gasteiger partial charge in [-0.15, -0.1) is 0 Å².